The second kappa shape index (κ2) is 9.09. The van der Waals surface area contributed by atoms with Gasteiger partial charge in [-0.2, -0.15) is 0 Å². The average Bonchev–Trinajstić information content (AvgIpc) is 2.60. The summed E-state index contributed by atoms with van der Waals surface area (Å²) in [5, 5.41) is 5.47. The minimum Gasteiger partial charge on any atom is -0.378 e. The van der Waals surface area contributed by atoms with Crippen molar-refractivity contribution in [1.29, 1.82) is 0 Å². The van der Waals surface area contributed by atoms with Crippen molar-refractivity contribution in [2.24, 2.45) is 5.92 Å². The van der Waals surface area contributed by atoms with Crippen LogP contribution in [0.4, 0.5) is 5.69 Å². The minimum atomic E-state index is -0.291. The SMILES string of the molecule is C#CCNC(=O)c1ccccc1NC(=O)CC1CCOC(CC)C1. The first-order chi connectivity index (χ1) is 11.6. The van der Waals surface area contributed by atoms with E-state index < -0.39 is 0 Å². The lowest BCUT2D eigenvalue weighted by Crippen LogP contribution is -2.29. The molecule has 1 aromatic rings. The van der Waals surface area contributed by atoms with Crippen molar-refractivity contribution >= 4 is 17.5 Å². The standard InChI is InChI=1S/C19H24N2O3/c1-3-10-20-19(23)16-7-5-6-8-17(16)21-18(22)13-14-9-11-24-15(4-2)12-14/h1,5-8,14-15H,4,9-13H2,2H3,(H,20,23)(H,21,22). The van der Waals surface area contributed by atoms with Crippen molar-refractivity contribution in [3.63, 3.8) is 0 Å². The molecule has 0 aliphatic carbocycles. The number of benzene rings is 1. The van der Waals surface area contributed by atoms with Crippen molar-refractivity contribution in [3.8, 4) is 12.3 Å². The van der Waals surface area contributed by atoms with Crippen LogP contribution in [0.2, 0.25) is 0 Å². The van der Waals surface area contributed by atoms with E-state index in [1.807, 2.05) is 0 Å². The van der Waals surface area contributed by atoms with Gasteiger partial charge < -0.3 is 15.4 Å². The zero-order valence-electron chi connectivity index (χ0n) is 14.0. The van der Waals surface area contributed by atoms with Crippen LogP contribution in [0.3, 0.4) is 0 Å². The van der Waals surface area contributed by atoms with E-state index in [0.29, 0.717) is 30.2 Å². The quantitative estimate of drug-likeness (QED) is 0.789. The minimum absolute atomic E-state index is 0.0750. The average molecular weight is 328 g/mol. The van der Waals surface area contributed by atoms with Gasteiger partial charge in [0.15, 0.2) is 0 Å². The van der Waals surface area contributed by atoms with Gasteiger partial charge in [-0.25, -0.2) is 0 Å². The molecule has 1 heterocycles. The summed E-state index contributed by atoms with van der Waals surface area (Å²) in [5.41, 5.74) is 0.927. The van der Waals surface area contributed by atoms with E-state index in [1.54, 1.807) is 24.3 Å². The first-order valence-corrected chi connectivity index (χ1v) is 8.36. The van der Waals surface area contributed by atoms with Crippen LogP contribution in [0, 0.1) is 18.3 Å². The summed E-state index contributed by atoms with van der Waals surface area (Å²) in [5.74, 6) is 2.32. The summed E-state index contributed by atoms with van der Waals surface area (Å²) in [6.45, 7) is 2.96. The summed E-state index contributed by atoms with van der Waals surface area (Å²) in [4.78, 5) is 24.5. The van der Waals surface area contributed by atoms with Crippen LogP contribution < -0.4 is 10.6 Å². The number of carbonyl (C=O) groups excluding carboxylic acids is 2. The predicted molar refractivity (Wildman–Crippen MR) is 93.6 cm³/mol. The van der Waals surface area contributed by atoms with Gasteiger partial charge in [0.2, 0.25) is 5.91 Å². The van der Waals surface area contributed by atoms with E-state index in [0.717, 1.165) is 19.3 Å². The Morgan fingerprint density at radius 2 is 2.17 bits per heavy atom. The molecule has 2 rings (SSSR count). The van der Waals surface area contributed by atoms with Crippen molar-refractivity contribution in [1.82, 2.24) is 5.32 Å². The van der Waals surface area contributed by atoms with Gasteiger partial charge in [-0.3, -0.25) is 9.59 Å². The topological polar surface area (TPSA) is 67.4 Å². The zero-order valence-corrected chi connectivity index (χ0v) is 14.0. The van der Waals surface area contributed by atoms with Gasteiger partial charge >= 0.3 is 0 Å². The molecule has 1 aliphatic heterocycles. The maximum absolute atomic E-state index is 12.3. The molecule has 24 heavy (non-hydrogen) atoms. The van der Waals surface area contributed by atoms with Crippen molar-refractivity contribution in [2.45, 2.75) is 38.7 Å². The second-order valence-electron chi connectivity index (χ2n) is 5.98. The van der Waals surface area contributed by atoms with Crippen molar-refractivity contribution in [3.05, 3.63) is 29.8 Å². The number of terminal acetylenes is 1. The lowest BCUT2D eigenvalue weighted by Gasteiger charge is -2.28. The highest BCUT2D eigenvalue weighted by Crippen LogP contribution is 2.25. The fourth-order valence-electron chi connectivity index (χ4n) is 2.91. The first kappa shape index (κ1) is 18.0. The molecular formula is C19H24N2O3. The van der Waals surface area contributed by atoms with E-state index in [-0.39, 0.29) is 24.5 Å². The number of amides is 2. The smallest absolute Gasteiger partial charge is 0.254 e. The maximum Gasteiger partial charge on any atom is 0.254 e. The molecule has 2 amide bonds. The molecule has 5 nitrogen and oxygen atoms in total. The number of rotatable bonds is 6. The van der Waals surface area contributed by atoms with Gasteiger partial charge in [-0.15, -0.1) is 6.42 Å². The Bertz CT molecular complexity index is 621. The van der Waals surface area contributed by atoms with Gasteiger partial charge in [-0.1, -0.05) is 25.0 Å². The van der Waals surface area contributed by atoms with E-state index in [2.05, 4.69) is 23.5 Å². The number of ether oxygens (including phenoxy) is 1. The summed E-state index contributed by atoms with van der Waals surface area (Å²) in [6, 6.07) is 6.93. The molecule has 2 N–H and O–H groups in total. The molecule has 1 aromatic carbocycles. The highest BCUT2D eigenvalue weighted by molar-refractivity contribution is 6.03. The van der Waals surface area contributed by atoms with E-state index in [9.17, 15) is 9.59 Å². The second-order valence-corrected chi connectivity index (χ2v) is 5.98. The van der Waals surface area contributed by atoms with E-state index in [4.69, 9.17) is 11.2 Å². The Kier molecular flexibility index (Phi) is 6.83. The summed E-state index contributed by atoms with van der Waals surface area (Å²) in [7, 11) is 0. The zero-order chi connectivity index (χ0) is 17.4. The monoisotopic (exact) mass is 328 g/mol. The van der Waals surface area contributed by atoms with E-state index in [1.165, 1.54) is 0 Å². The van der Waals surface area contributed by atoms with Gasteiger partial charge in [0, 0.05) is 13.0 Å². The molecule has 2 atom stereocenters. The van der Waals surface area contributed by atoms with Crippen LogP contribution in [0.5, 0.6) is 0 Å². The fourth-order valence-corrected chi connectivity index (χ4v) is 2.91. The Morgan fingerprint density at radius 1 is 1.38 bits per heavy atom. The molecule has 0 spiro atoms. The molecule has 1 aliphatic rings. The fraction of sp³-hybridized carbons (Fsp3) is 0.474. The number of hydrogen-bond acceptors (Lipinski definition) is 3. The van der Waals surface area contributed by atoms with Crippen LogP contribution in [0.1, 0.15) is 43.0 Å². The third-order valence-corrected chi connectivity index (χ3v) is 4.20. The number of para-hydroxylation sites is 1. The maximum atomic E-state index is 12.3. The molecule has 1 saturated heterocycles. The normalized spacial score (nSPS) is 20.0. The van der Waals surface area contributed by atoms with Crippen LogP contribution in [-0.2, 0) is 9.53 Å². The van der Waals surface area contributed by atoms with Gasteiger partial charge in [-0.05, 0) is 37.3 Å². The Labute approximate surface area is 143 Å². The Balaban J connectivity index is 1.96. The summed E-state index contributed by atoms with van der Waals surface area (Å²) in [6.07, 6.45) is 8.63. The highest BCUT2D eigenvalue weighted by atomic mass is 16.5. The van der Waals surface area contributed by atoms with Crippen LogP contribution in [-0.4, -0.2) is 31.1 Å². The van der Waals surface area contributed by atoms with Crippen LogP contribution >= 0.6 is 0 Å². The molecule has 1 fully saturated rings. The number of anilines is 1. The van der Waals surface area contributed by atoms with Crippen LogP contribution in [0.25, 0.3) is 0 Å². The molecule has 128 valence electrons. The van der Waals surface area contributed by atoms with Crippen molar-refractivity contribution in [2.75, 3.05) is 18.5 Å². The predicted octanol–water partition coefficient (Wildman–Crippen LogP) is 2.58. The number of carbonyl (C=O) groups is 2. The molecular weight excluding hydrogens is 304 g/mol. The lowest BCUT2D eigenvalue weighted by molar-refractivity contribution is -0.118. The molecule has 0 bridgehead atoms. The summed E-state index contributed by atoms with van der Waals surface area (Å²) >= 11 is 0. The molecule has 5 heteroatoms. The highest BCUT2D eigenvalue weighted by Gasteiger charge is 2.24. The van der Waals surface area contributed by atoms with Gasteiger partial charge in [0.25, 0.3) is 5.91 Å². The molecule has 0 aromatic heterocycles. The lowest BCUT2D eigenvalue weighted by atomic mass is 9.91. The largest absolute Gasteiger partial charge is 0.378 e. The summed E-state index contributed by atoms with van der Waals surface area (Å²) < 4.78 is 5.64. The number of nitrogens with one attached hydrogen (secondary N) is 2. The third kappa shape index (κ3) is 5.10. The van der Waals surface area contributed by atoms with E-state index >= 15 is 0 Å². The first-order valence-electron chi connectivity index (χ1n) is 8.36. The van der Waals surface area contributed by atoms with Crippen LogP contribution in [0.15, 0.2) is 24.3 Å². The molecule has 0 saturated carbocycles. The van der Waals surface area contributed by atoms with Gasteiger partial charge in [0.1, 0.15) is 0 Å². The van der Waals surface area contributed by atoms with Gasteiger partial charge in [0.05, 0.1) is 23.9 Å². The Hall–Kier alpha value is -2.32. The molecule has 2 unspecified atom stereocenters. The number of hydrogen-bond donors (Lipinski definition) is 2. The third-order valence-electron chi connectivity index (χ3n) is 4.20. The molecule has 0 radical (unpaired) electrons. The van der Waals surface area contributed by atoms with Crippen molar-refractivity contribution < 1.29 is 14.3 Å². The Morgan fingerprint density at radius 3 is 2.92 bits per heavy atom.